The van der Waals surface area contributed by atoms with Crippen molar-refractivity contribution >= 4 is 28.4 Å². The van der Waals surface area contributed by atoms with Crippen LogP contribution in [0.4, 0.5) is 11.5 Å². The number of nitrogens with zero attached hydrogens (tertiary/aromatic N) is 5. The number of aliphatic imine (C=N–C) groups is 1. The molecule has 0 radical (unpaired) electrons. The van der Waals surface area contributed by atoms with Crippen LogP contribution in [0.1, 0.15) is 24.8 Å². The van der Waals surface area contributed by atoms with E-state index in [2.05, 4.69) is 57.3 Å². The van der Waals surface area contributed by atoms with Crippen molar-refractivity contribution in [3.8, 4) is 22.4 Å². The maximum Gasteiger partial charge on any atom is 0.128 e. The predicted octanol–water partition coefficient (Wildman–Crippen LogP) is 4.89. The SMILES string of the molecule is NC1=Nc2cc(-c3ccc4ncc(-c5ccc(N6CCCCC6)nc5)nc4c3)ccc2C1. The molecule has 4 heterocycles. The van der Waals surface area contributed by atoms with Gasteiger partial charge in [-0.2, -0.15) is 0 Å². The van der Waals surface area contributed by atoms with E-state index in [-0.39, 0.29) is 0 Å². The van der Waals surface area contributed by atoms with Gasteiger partial charge in [0.15, 0.2) is 0 Å². The Labute approximate surface area is 186 Å². The molecule has 158 valence electrons. The van der Waals surface area contributed by atoms with Gasteiger partial charge in [0.25, 0.3) is 0 Å². The summed E-state index contributed by atoms with van der Waals surface area (Å²) in [5, 5.41) is 0. The molecule has 6 rings (SSSR count). The molecule has 2 N–H and O–H groups in total. The number of fused-ring (bicyclic) bond motifs is 2. The van der Waals surface area contributed by atoms with Crippen LogP contribution in [0.5, 0.6) is 0 Å². The fourth-order valence-corrected chi connectivity index (χ4v) is 4.56. The van der Waals surface area contributed by atoms with Crippen molar-refractivity contribution in [2.75, 3.05) is 18.0 Å². The molecule has 0 amide bonds. The molecule has 1 saturated heterocycles. The highest BCUT2D eigenvalue weighted by Crippen LogP contribution is 2.32. The van der Waals surface area contributed by atoms with Crippen molar-refractivity contribution in [2.45, 2.75) is 25.7 Å². The Morgan fingerprint density at radius 2 is 1.56 bits per heavy atom. The molecule has 6 heteroatoms. The average Bonchev–Trinajstić information content (AvgIpc) is 3.23. The van der Waals surface area contributed by atoms with Crippen molar-refractivity contribution in [3.05, 3.63) is 66.5 Å². The first-order valence-corrected chi connectivity index (χ1v) is 11.2. The van der Waals surface area contributed by atoms with E-state index < -0.39 is 0 Å². The maximum atomic E-state index is 5.90. The first-order valence-electron chi connectivity index (χ1n) is 11.2. The summed E-state index contributed by atoms with van der Waals surface area (Å²) in [5.74, 6) is 1.72. The van der Waals surface area contributed by atoms with Crippen LogP contribution in [-0.2, 0) is 6.42 Å². The van der Waals surface area contributed by atoms with E-state index in [4.69, 9.17) is 15.7 Å². The highest BCUT2D eigenvalue weighted by molar-refractivity contribution is 5.92. The summed E-state index contributed by atoms with van der Waals surface area (Å²) in [7, 11) is 0. The largest absolute Gasteiger partial charge is 0.387 e. The van der Waals surface area contributed by atoms with Gasteiger partial charge in [-0.15, -0.1) is 0 Å². The molecular weight excluding hydrogens is 396 g/mol. The van der Waals surface area contributed by atoms with Crippen LogP contribution < -0.4 is 10.6 Å². The van der Waals surface area contributed by atoms with E-state index in [0.717, 1.165) is 64.4 Å². The van der Waals surface area contributed by atoms with Crippen LogP contribution in [0.2, 0.25) is 0 Å². The zero-order valence-electron chi connectivity index (χ0n) is 17.8. The van der Waals surface area contributed by atoms with E-state index >= 15 is 0 Å². The Hall–Kier alpha value is -3.80. The summed E-state index contributed by atoms with van der Waals surface area (Å²) in [6, 6.07) is 16.7. The molecule has 6 nitrogen and oxygen atoms in total. The molecule has 2 aromatic heterocycles. The van der Waals surface area contributed by atoms with Crippen LogP contribution >= 0.6 is 0 Å². The maximum absolute atomic E-state index is 5.90. The number of anilines is 1. The molecular formula is C26H24N6. The fourth-order valence-electron chi connectivity index (χ4n) is 4.56. The number of rotatable bonds is 3. The van der Waals surface area contributed by atoms with E-state index in [0.29, 0.717) is 5.84 Å². The molecule has 0 atom stereocenters. The Balaban J connectivity index is 1.32. The summed E-state index contributed by atoms with van der Waals surface area (Å²) < 4.78 is 0. The zero-order chi connectivity index (χ0) is 21.5. The van der Waals surface area contributed by atoms with Crippen LogP contribution in [0.25, 0.3) is 33.4 Å². The minimum absolute atomic E-state index is 0.672. The Kier molecular flexibility index (Phi) is 4.56. The lowest BCUT2D eigenvalue weighted by Crippen LogP contribution is -2.29. The van der Waals surface area contributed by atoms with E-state index in [1.807, 2.05) is 18.5 Å². The van der Waals surface area contributed by atoms with Gasteiger partial charge >= 0.3 is 0 Å². The van der Waals surface area contributed by atoms with Gasteiger partial charge < -0.3 is 10.6 Å². The monoisotopic (exact) mass is 420 g/mol. The lowest BCUT2D eigenvalue weighted by Gasteiger charge is -2.27. The van der Waals surface area contributed by atoms with Crippen LogP contribution in [0.3, 0.4) is 0 Å². The number of amidine groups is 1. The zero-order valence-corrected chi connectivity index (χ0v) is 17.8. The van der Waals surface area contributed by atoms with Gasteiger partial charge in [-0.3, -0.25) is 4.98 Å². The molecule has 0 saturated carbocycles. The molecule has 2 aliphatic rings. The average molecular weight is 421 g/mol. The number of hydrogen-bond donors (Lipinski definition) is 1. The van der Waals surface area contributed by atoms with E-state index in [1.165, 1.54) is 24.8 Å². The third-order valence-electron chi connectivity index (χ3n) is 6.32. The van der Waals surface area contributed by atoms with Gasteiger partial charge in [-0.05, 0) is 66.3 Å². The molecule has 0 bridgehead atoms. The Bertz CT molecular complexity index is 1340. The van der Waals surface area contributed by atoms with E-state index in [9.17, 15) is 0 Å². The first-order chi connectivity index (χ1) is 15.7. The van der Waals surface area contributed by atoms with Crippen molar-refractivity contribution in [2.24, 2.45) is 10.7 Å². The normalized spacial score (nSPS) is 15.6. The van der Waals surface area contributed by atoms with Crippen molar-refractivity contribution < 1.29 is 0 Å². The van der Waals surface area contributed by atoms with E-state index in [1.54, 1.807) is 0 Å². The number of nitrogens with two attached hydrogens (primary N) is 1. The van der Waals surface area contributed by atoms with Crippen LogP contribution in [0, 0.1) is 0 Å². The third-order valence-corrected chi connectivity index (χ3v) is 6.32. The summed E-state index contributed by atoms with van der Waals surface area (Å²) in [6.07, 6.45) is 8.26. The smallest absolute Gasteiger partial charge is 0.128 e. The topological polar surface area (TPSA) is 80.3 Å². The highest BCUT2D eigenvalue weighted by Gasteiger charge is 2.14. The minimum atomic E-state index is 0.672. The lowest BCUT2D eigenvalue weighted by molar-refractivity contribution is 0.573. The van der Waals surface area contributed by atoms with Gasteiger partial charge in [0, 0.05) is 31.3 Å². The van der Waals surface area contributed by atoms with Crippen LogP contribution in [0.15, 0.2) is 65.9 Å². The molecule has 0 aliphatic carbocycles. The van der Waals surface area contributed by atoms with Gasteiger partial charge in [0.1, 0.15) is 11.7 Å². The molecule has 1 fully saturated rings. The summed E-state index contributed by atoms with van der Waals surface area (Å²) in [6.45, 7) is 2.18. The van der Waals surface area contributed by atoms with Gasteiger partial charge in [-0.1, -0.05) is 18.2 Å². The molecule has 0 spiro atoms. The highest BCUT2D eigenvalue weighted by atomic mass is 15.2. The van der Waals surface area contributed by atoms with Crippen molar-refractivity contribution in [1.82, 2.24) is 15.0 Å². The van der Waals surface area contributed by atoms with Crippen LogP contribution in [-0.4, -0.2) is 33.9 Å². The molecule has 32 heavy (non-hydrogen) atoms. The summed E-state index contributed by atoms with van der Waals surface area (Å²) in [5.41, 5.74) is 13.8. The minimum Gasteiger partial charge on any atom is -0.387 e. The fraction of sp³-hybridized carbons (Fsp3) is 0.231. The third kappa shape index (κ3) is 3.47. The Morgan fingerprint density at radius 3 is 2.41 bits per heavy atom. The second kappa shape index (κ2) is 7.71. The molecule has 2 aliphatic heterocycles. The summed E-state index contributed by atoms with van der Waals surface area (Å²) >= 11 is 0. The molecule has 2 aromatic carbocycles. The quantitative estimate of drug-likeness (QED) is 0.510. The molecule has 0 unspecified atom stereocenters. The number of pyridine rings is 1. The Morgan fingerprint density at radius 1 is 0.750 bits per heavy atom. The van der Waals surface area contributed by atoms with Crippen molar-refractivity contribution in [1.29, 1.82) is 0 Å². The first kappa shape index (κ1) is 18.9. The van der Waals surface area contributed by atoms with Gasteiger partial charge in [-0.25, -0.2) is 15.0 Å². The van der Waals surface area contributed by atoms with Gasteiger partial charge in [0.05, 0.1) is 28.6 Å². The standard InChI is InChI=1S/C26H24N6/c27-25-14-19-5-4-17(12-22(19)31-25)18-6-8-21-23(13-18)30-24(16-28-21)20-7-9-26(29-15-20)32-10-2-1-3-11-32/h4-9,12-13,15-16H,1-3,10-11,14H2,(H2,27,31). The number of aromatic nitrogens is 3. The van der Waals surface area contributed by atoms with Gasteiger partial charge in [0.2, 0.25) is 0 Å². The summed E-state index contributed by atoms with van der Waals surface area (Å²) in [4.78, 5) is 21.0. The lowest BCUT2D eigenvalue weighted by atomic mass is 10.0. The second-order valence-electron chi connectivity index (χ2n) is 8.53. The molecule has 4 aromatic rings. The van der Waals surface area contributed by atoms with Crippen molar-refractivity contribution in [3.63, 3.8) is 0 Å². The second-order valence-corrected chi connectivity index (χ2v) is 8.53. The number of hydrogen-bond acceptors (Lipinski definition) is 6. The predicted molar refractivity (Wildman–Crippen MR) is 129 cm³/mol. The number of benzene rings is 2. The number of piperidine rings is 1.